The van der Waals surface area contributed by atoms with E-state index >= 15 is 0 Å². The molecule has 1 N–H and O–H groups in total. The summed E-state index contributed by atoms with van der Waals surface area (Å²) in [5.74, 6) is -1.13. The summed E-state index contributed by atoms with van der Waals surface area (Å²) in [4.78, 5) is 25.3. The Hall–Kier alpha value is -3.64. The normalized spacial score (nSPS) is 10.7. The minimum absolute atomic E-state index is 0.0201. The van der Waals surface area contributed by atoms with Crippen LogP contribution in [0.3, 0.4) is 0 Å². The summed E-state index contributed by atoms with van der Waals surface area (Å²) in [6.45, 7) is -0.509. The largest absolute Gasteiger partial charge is 0.476 e. The van der Waals surface area contributed by atoms with E-state index in [9.17, 15) is 14.0 Å². The molecule has 1 heterocycles. The van der Waals surface area contributed by atoms with Crippen LogP contribution < -0.4 is 15.5 Å². The number of carbonyl (C=O) groups is 1. The molecule has 4 rings (SSSR count). The van der Waals surface area contributed by atoms with Crippen LogP contribution in [0.4, 0.5) is 10.1 Å². The highest BCUT2D eigenvalue weighted by molar-refractivity contribution is 6.31. The summed E-state index contributed by atoms with van der Waals surface area (Å²) < 4.78 is 25.2. The number of benzene rings is 3. The number of rotatable bonds is 5. The van der Waals surface area contributed by atoms with Crippen molar-refractivity contribution in [3.8, 4) is 17.1 Å². The summed E-state index contributed by atoms with van der Waals surface area (Å²) in [6.07, 6.45) is 0. The van der Waals surface area contributed by atoms with Gasteiger partial charge in [-0.05, 0) is 30.3 Å². The van der Waals surface area contributed by atoms with Gasteiger partial charge >= 0.3 is 0 Å². The van der Waals surface area contributed by atoms with Crippen LogP contribution >= 0.6 is 11.6 Å². The molecule has 0 spiro atoms. The molecule has 0 atom stereocenters. The lowest BCUT2D eigenvalue weighted by Crippen LogP contribution is -2.23. The average Bonchev–Trinajstić information content (AvgIpc) is 2.75. The van der Waals surface area contributed by atoms with E-state index in [1.54, 1.807) is 42.5 Å². The number of carbonyl (C=O) groups excluding carboxylic acids is 1. The van der Waals surface area contributed by atoms with Crippen LogP contribution in [0.2, 0.25) is 5.02 Å². The Labute approximate surface area is 175 Å². The van der Waals surface area contributed by atoms with Crippen LogP contribution in [0.5, 0.6) is 5.75 Å². The first-order chi connectivity index (χ1) is 14.5. The van der Waals surface area contributed by atoms with Crippen molar-refractivity contribution in [2.24, 2.45) is 0 Å². The zero-order valence-electron chi connectivity index (χ0n) is 15.5. The molecule has 0 bridgehead atoms. The van der Waals surface area contributed by atoms with Gasteiger partial charge in [0.15, 0.2) is 12.4 Å². The molecule has 0 aliphatic rings. The fourth-order valence-electron chi connectivity index (χ4n) is 2.95. The van der Waals surface area contributed by atoms with Gasteiger partial charge < -0.3 is 14.5 Å². The Balaban J connectivity index is 1.70. The van der Waals surface area contributed by atoms with E-state index in [2.05, 4.69) is 5.32 Å². The Kier molecular flexibility index (Phi) is 5.50. The molecule has 1 aromatic heterocycles. The molecule has 0 saturated carbocycles. The topological polar surface area (TPSA) is 68.5 Å². The summed E-state index contributed by atoms with van der Waals surface area (Å²) >= 11 is 6.01. The molecular formula is C23H15ClFNO4. The lowest BCUT2D eigenvalue weighted by molar-refractivity contribution is -0.118. The number of para-hydroxylation sites is 1. The summed E-state index contributed by atoms with van der Waals surface area (Å²) in [7, 11) is 0. The highest BCUT2D eigenvalue weighted by Gasteiger charge is 2.19. The van der Waals surface area contributed by atoms with Crippen LogP contribution in [0, 0.1) is 5.82 Å². The van der Waals surface area contributed by atoms with E-state index in [-0.39, 0.29) is 22.6 Å². The van der Waals surface area contributed by atoms with Crippen LogP contribution in [0.1, 0.15) is 0 Å². The van der Waals surface area contributed by atoms with Gasteiger partial charge in [0.1, 0.15) is 11.4 Å². The highest BCUT2D eigenvalue weighted by Crippen LogP contribution is 2.31. The van der Waals surface area contributed by atoms with E-state index in [1.165, 1.54) is 24.3 Å². The first-order valence-corrected chi connectivity index (χ1v) is 9.39. The smallest absolute Gasteiger partial charge is 0.262 e. The molecule has 0 fully saturated rings. The molecule has 30 heavy (non-hydrogen) atoms. The standard InChI is InChI=1S/C23H15ClFNO4/c24-15-10-11-19-16(12-15)21(28)23(22(30-19)14-6-2-1-3-7-14)29-13-20(27)26-18-9-5-4-8-17(18)25/h1-12H,13H2,(H,26,27). The van der Waals surface area contributed by atoms with Crippen LogP contribution in [0.25, 0.3) is 22.3 Å². The van der Waals surface area contributed by atoms with Crippen molar-refractivity contribution in [3.63, 3.8) is 0 Å². The minimum Gasteiger partial charge on any atom is -0.476 e. The first-order valence-electron chi connectivity index (χ1n) is 9.02. The molecule has 0 radical (unpaired) electrons. The molecule has 4 aromatic rings. The van der Waals surface area contributed by atoms with Gasteiger partial charge in [0.25, 0.3) is 5.91 Å². The predicted molar refractivity (Wildman–Crippen MR) is 113 cm³/mol. The predicted octanol–water partition coefficient (Wildman–Crippen LogP) is 5.27. The average molecular weight is 424 g/mol. The molecule has 3 aromatic carbocycles. The summed E-state index contributed by atoms with van der Waals surface area (Å²) in [6, 6.07) is 19.4. The van der Waals surface area contributed by atoms with Crippen molar-refractivity contribution in [2.45, 2.75) is 0 Å². The second-order valence-corrected chi connectivity index (χ2v) is 6.85. The lowest BCUT2D eigenvalue weighted by atomic mass is 10.1. The van der Waals surface area contributed by atoms with Gasteiger partial charge in [-0.15, -0.1) is 0 Å². The van der Waals surface area contributed by atoms with Gasteiger partial charge in [0.2, 0.25) is 11.2 Å². The molecule has 7 heteroatoms. The van der Waals surface area contributed by atoms with E-state index in [0.717, 1.165) is 0 Å². The zero-order chi connectivity index (χ0) is 21.1. The molecule has 0 aliphatic carbocycles. The van der Waals surface area contributed by atoms with Gasteiger partial charge in [-0.1, -0.05) is 54.1 Å². The van der Waals surface area contributed by atoms with Gasteiger partial charge in [0.05, 0.1) is 11.1 Å². The summed E-state index contributed by atoms with van der Waals surface area (Å²) in [5.41, 5.74) is 0.505. The number of ether oxygens (including phenoxy) is 1. The fraction of sp³-hybridized carbons (Fsp3) is 0.0435. The number of anilines is 1. The number of hydrogen-bond donors (Lipinski definition) is 1. The second kappa shape index (κ2) is 8.39. The van der Waals surface area contributed by atoms with Crippen molar-refractivity contribution in [1.29, 1.82) is 0 Å². The van der Waals surface area contributed by atoms with Gasteiger partial charge in [-0.3, -0.25) is 9.59 Å². The lowest BCUT2D eigenvalue weighted by Gasteiger charge is -2.12. The summed E-state index contributed by atoms with van der Waals surface area (Å²) in [5, 5.41) is 3.01. The maximum absolute atomic E-state index is 13.7. The molecular weight excluding hydrogens is 409 g/mol. The van der Waals surface area contributed by atoms with E-state index < -0.39 is 23.8 Å². The molecule has 0 unspecified atom stereocenters. The number of fused-ring (bicyclic) bond motifs is 1. The monoisotopic (exact) mass is 423 g/mol. The molecule has 0 saturated heterocycles. The van der Waals surface area contributed by atoms with E-state index in [1.807, 2.05) is 6.07 Å². The second-order valence-electron chi connectivity index (χ2n) is 6.41. The molecule has 0 aliphatic heterocycles. The SMILES string of the molecule is O=C(COc1c(-c2ccccc2)oc2ccc(Cl)cc2c1=O)Nc1ccccc1F. The maximum Gasteiger partial charge on any atom is 0.262 e. The molecule has 150 valence electrons. The number of halogens is 2. The Morgan fingerprint density at radius 3 is 2.53 bits per heavy atom. The van der Waals surface area contributed by atoms with Crippen molar-refractivity contribution in [1.82, 2.24) is 0 Å². The van der Waals surface area contributed by atoms with Crippen molar-refractivity contribution in [2.75, 3.05) is 11.9 Å². The van der Waals surface area contributed by atoms with E-state index in [4.69, 9.17) is 20.8 Å². The van der Waals surface area contributed by atoms with Crippen LogP contribution in [-0.2, 0) is 4.79 Å². The molecule has 5 nitrogen and oxygen atoms in total. The molecule has 1 amide bonds. The minimum atomic E-state index is -0.621. The van der Waals surface area contributed by atoms with Crippen LogP contribution in [0.15, 0.2) is 82.0 Å². The third kappa shape index (κ3) is 4.04. The van der Waals surface area contributed by atoms with Crippen LogP contribution in [-0.4, -0.2) is 12.5 Å². The number of nitrogens with one attached hydrogen (secondary N) is 1. The maximum atomic E-state index is 13.7. The zero-order valence-corrected chi connectivity index (χ0v) is 16.3. The third-order valence-electron chi connectivity index (χ3n) is 4.34. The quantitative estimate of drug-likeness (QED) is 0.474. The van der Waals surface area contributed by atoms with Crippen molar-refractivity contribution < 1.29 is 18.3 Å². The van der Waals surface area contributed by atoms with Crippen molar-refractivity contribution >= 4 is 34.2 Å². The Morgan fingerprint density at radius 1 is 1.03 bits per heavy atom. The van der Waals surface area contributed by atoms with Gasteiger partial charge in [0, 0.05) is 10.6 Å². The van der Waals surface area contributed by atoms with E-state index in [0.29, 0.717) is 16.2 Å². The van der Waals surface area contributed by atoms with Crippen molar-refractivity contribution in [3.05, 3.63) is 93.9 Å². The van der Waals surface area contributed by atoms with Gasteiger partial charge in [-0.25, -0.2) is 4.39 Å². The number of amides is 1. The number of hydrogen-bond acceptors (Lipinski definition) is 4. The Bertz CT molecular complexity index is 1290. The highest BCUT2D eigenvalue weighted by atomic mass is 35.5. The first kappa shape index (κ1) is 19.7. The van der Waals surface area contributed by atoms with Gasteiger partial charge in [-0.2, -0.15) is 0 Å². The third-order valence-corrected chi connectivity index (χ3v) is 4.58. The Morgan fingerprint density at radius 2 is 1.77 bits per heavy atom. The fourth-order valence-corrected chi connectivity index (χ4v) is 3.12.